The van der Waals surface area contributed by atoms with Gasteiger partial charge in [-0.15, -0.1) is 0 Å². The molecular weight excluding hydrogens is 379 g/mol. The Labute approximate surface area is 131 Å². The molecule has 0 aliphatic heterocycles. The molecular formula is C13H16ClIN2O2. The zero-order valence-corrected chi connectivity index (χ0v) is 13.7. The first-order chi connectivity index (χ1) is 8.91. The number of benzene rings is 1. The van der Waals surface area contributed by atoms with Crippen LogP contribution in [-0.4, -0.2) is 24.9 Å². The van der Waals surface area contributed by atoms with Gasteiger partial charge < -0.3 is 10.6 Å². The van der Waals surface area contributed by atoms with E-state index in [0.717, 1.165) is 3.57 Å². The fourth-order valence-electron chi connectivity index (χ4n) is 1.33. The number of carbonyl (C=O) groups is 2. The molecule has 0 saturated heterocycles. The van der Waals surface area contributed by atoms with E-state index in [1.165, 1.54) is 0 Å². The number of nitrogens with one attached hydrogen (secondary N) is 2. The van der Waals surface area contributed by atoms with Gasteiger partial charge in [0.2, 0.25) is 5.91 Å². The molecule has 0 saturated carbocycles. The average molecular weight is 395 g/mol. The van der Waals surface area contributed by atoms with Gasteiger partial charge in [-0.1, -0.05) is 25.4 Å². The lowest BCUT2D eigenvalue weighted by Crippen LogP contribution is -2.36. The number of carbonyl (C=O) groups excluding carboxylic acids is 2. The summed E-state index contributed by atoms with van der Waals surface area (Å²) in [6.45, 7) is 4.45. The van der Waals surface area contributed by atoms with Crippen molar-refractivity contribution in [2.45, 2.75) is 13.8 Å². The van der Waals surface area contributed by atoms with Crippen molar-refractivity contribution in [3.8, 4) is 0 Å². The van der Waals surface area contributed by atoms with Crippen LogP contribution in [0, 0.1) is 9.49 Å². The van der Waals surface area contributed by atoms with Crippen molar-refractivity contribution in [1.82, 2.24) is 10.6 Å². The molecule has 0 aliphatic rings. The maximum Gasteiger partial charge on any atom is 0.252 e. The fraction of sp³-hybridized carbons (Fsp3) is 0.385. The Kier molecular flexibility index (Phi) is 6.57. The predicted octanol–water partition coefficient (Wildman–Crippen LogP) is 2.45. The van der Waals surface area contributed by atoms with E-state index in [0.29, 0.717) is 23.7 Å². The Balaban J connectivity index is 2.44. The van der Waals surface area contributed by atoms with Crippen molar-refractivity contribution in [2.75, 3.05) is 13.1 Å². The van der Waals surface area contributed by atoms with Gasteiger partial charge in [-0.25, -0.2) is 0 Å². The van der Waals surface area contributed by atoms with Gasteiger partial charge in [0.05, 0.1) is 5.56 Å². The van der Waals surface area contributed by atoms with Crippen LogP contribution in [-0.2, 0) is 4.79 Å². The summed E-state index contributed by atoms with van der Waals surface area (Å²) in [7, 11) is 0. The van der Waals surface area contributed by atoms with Crippen LogP contribution in [0.3, 0.4) is 0 Å². The zero-order valence-electron chi connectivity index (χ0n) is 10.8. The van der Waals surface area contributed by atoms with Crippen LogP contribution in [0.1, 0.15) is 24.2 Å². The molecule has 6 heteroatoms. The van der Waals surface area contributed by atoms with E-state index < -0.39 is 0 Å². The highest BCUT2D eigenvalue weighted by atomic mass is 127. The Morgan fingerprint density at radius 2 is 1.89 bits per heavy atom. The quantitative estimate of drug-likeness (QED) is 0.595. The Hall–Kier alpha value is -0.820. The highest BCUT2D eigenvalue weighted by Crippen LogP contribution is 2.17. The van der Waals surface area contributed by atoms with E-state index >= 15 is 0 Å². The van der Waals surface area contributed by atoms with Gasteiger partial charge in [0.25, 0.3) is 5.91 Å². The molecule has 104 valence electrons. The second-order valence-corrected chi connectivity index (χ2v) is 5.92. The summed E-state index contributed by atoms with van der Waals surface area (Å²) in [6, 6.07) is 5.16. The van der Waals surface area contributed by atoms with E-state index in [-0.39, 0.29) is 17.7 Å². The largest absolute Gasteiger partial charge is 0.354 e. The Morgan fingerprint density at radius 1 is 1.26 bits per heavy atom. The van der Waals surface area contributed by atoms with Gasteiger partial charge >= 0.3 is 0 Å². The Morgan fingerprint density at radius 3 is 2.53 bits per heavy atom. The van der Waals surface area contributed by atoms with Crippen LogP contribution in [0.4, 0.5) is 0 Å². The minimum atomic E-state index is -0.189. The monoisotopic (exact) mass is 394 g/mol. The molecule has 0 heterocycles. The molecule has 19 heavy (non-hydrogen) atoms. The SMILES string of the molecule is CC(C)C(=O)NCCNC(=O)c1cc(Cl)ccc1I. The second kappa shape index (κ2) is 7.69. The van der Waals surface area contributed by atoms with Gasteiger partial charge in [-0.3, -0.25) is 9.59 Å². The maximum atomic E-state index is 11.9. The number of hydrogen-bond acceptors (Lipinski definition) is 2. The molecule has 1 aromatic carbocycles. The van der Waals surface area contributed by atoms with Gasteiger partial charge in [-0.05, 0) is 40.8 Å². The number of rotatable bonds is 5. The van der Waals surface area contributed by atoms with E-state index in [9.17, 15) is 9.59 Å². The third kappa shape index (κ3) is 5.36. The fourth-order valence-corrected chi connectivity index (χ4v) is 2.09. The molecule has 2 amide bonds. The summed E-state index contributed by atoms with van der Waals surface area (Å²) in [5.41, 5.74) is 0.545. The van der Waals surface area contributed by atoms with Crippen molar-refractivity contribution in [3.63, 3.8) is 0 Å². The van der Waals surface area contributed by atoms with Crippen LogP contribution >= 0.6 is 34.2 Å². The summed E-state index contributed by atoms with van der Waals surface area (Å²) >= 11 is 7.94. The summed E-state index contributed by atoms with van der Waals surface area (Å²) in [4.78, 5) is 23.2. The number of halogens is 2. The van der Waals surface area contributed by atoms with Crippen LogP contribution in [0.15, 0.2) is 18.2 Å². The molecule has 1 aromatic rings. The molecule has 0 aliphatic carbocycles. The summed E-state index contributed by atoms with van der Waals surface area (Å²) in [5.74, 6) is -0.262. The highest BCUT2D eigenvalue weighted by molar-refractivity contribution is 14.1. The van der Waals surface area contributed by atoms with Gasteiger partial charge in [0, 0.05) is 27.6 Å². The first-order valence-electron chi connectivity index (χ1n) is 5.92. The van der Waals surface area contributed by atoms with Crippen molar-refractivity contribution in [3.05, 3.63) is 32.4 Å². The average Bonchev–Trinajstić information content (AvgIpc) is 2.36. The van der Waals surface area contributed by atoms with Gasteiger partial charge in [0.15, 0.2) is 0 Å². The van der Waals surface area contributed by atoms with E-state index in [2.05, 4.69) is 33.2 Å². The van der Waals surface area contributed by atoms with Gasteiger partial charge in [-0.2, -0.15) is 0 Å². The molecule has 0 spiro atoms. The highest BCUT2D eigenvalue weighted by Gasteiger charge is 2.10. The lowest BCUT2D eigenvalue weighted by atomic mass is 10.2. The first-order valence-corrected chi connectivity index (χ1v) is 7.38. The zero-order chi connectivity index (χ0) is 14.4. The topological polar surface area (TPSA) is 58.2 Å². The molecule has 0 atom stereocenters. The minimum absolute atomic E-state index is 0.0217. The Bertz CT molecular complexity index is 478. The van der Waals surface area contributed by atoms with E-state index in [1.54, 1.807) is 18.2 Å². The van der Waals surface area contributed by atoms with Crippen LogP contribution in [0.25, 0.3) is 0 Å². The summed E-state index contributed by atoms with van der Waals surface area (Å²) in [5, 5.41) is 6.00. The van der Waals surface area contributed by atoms with E-state index in [1.807, 2.05) is 13.8 Å². The summed E-state index contributed by atoms with van der Waals surface area (Å²) < 4.78 is 0.839. The third-order valence-corrected chi connectivity index (χ3v) is 3.58. The van der Waals surface area contributed by atoms with Crippen molar-refractivity contribution >= 4 is 46.0 Å². The minimum Gasteiger partial charge on any atom is -0.354 e. The standard InChI is InChI=1S/C13H16ClIN2O2/c1-8(2)12(18)16-5-6-17-13(19)10-7-9(14)3-4-11(10)15/h3-4,7-8H,5-6H2,1-2H3,(H,16,18)(H,17,19). The number of amides is 2. The molecule has 0 fully saturated rings. The van der Waals surface area contributed by atoms with Crippen molar-refractivity contribution in [1.29, 1.82) is 0 Å². The van der Waals surface area contributed by atoms with Crippen molar-refractivity contribution in [2.24, 2.45) is 5.92 Å². The smallest absolute Gasteiger partial charge is 0.252 e. The lowest BCUT2D eigenvalue weighted by molar-refractivity contribution is -0.123. The third-order valence-electron chi connectivity index (χ3n) is 2.41. The van der Waals surface area contributed by atoms with Crippen molar-refractivity contribution < 1.29 is 9.59 Å². The summed E-state index contributed by atoms with van der Waals surface area (Å²) in [6.07, 6.45) is 0. The molecule has 0 unspecified atom stereocenters. The molecule has 4 nitrogen and oxygen atoms in total. The molecule has 1 rings (SSSR count). The molecule has 0 bridgehead atoms. The molecule has 0 radical (unpaired) electrons. The lowest BCUT2D eigenvalue weighted by Gasteiger charge is -2.09. The van der Waals surface area contributed by atoms with Crippen LogP contribution in [0.5, 0.6) is 0 Å². The molecule has 2 N–H and O–H groups in total. The number of hydrogen-bond donors (Lipinski definition) is 2. The predicted molar refractivity (Wildman–Crippen MR) is 84.3 cm³/mol. The van der Waals surface area contributed by atoms with Crippen LogP contribution in [0.2, 0.25) is 5.02 Å². The van der Waals surface area contributed by atoms with Crippen LogP contribution < -0.4 is 10.6 Å². The molecule has 0 aromatic heterocycles. The van der Waals surface area contributed by atoms with Gasteiger partial charge in [0.1, 0.15) is 0 Å². The second-order valence-electron chi connectivity index (χ2n) is 4.33. The maximum absolute atomic E-state index is 11.9. The van der Waals surface area contributed by atoms with E-state index in [4.69, 9.17) is 11.6 Å². The normalized spacial score (nSPS) is 10.4. The first kappa shape index (κ1) is 16.2.